The molecule has 1 aromatic heterocycles. The predicted molar refractivity (Wildman–Crippen MR) is 119 cm³/mol. The zero-order valence-corrected chi connectivity index (χ0v) is 18.7. The van der Waals surface area contributed by atoms with E-state index >= 15 is 0 Å². The van der Waals surface area contributed by atoms with Gasteiger partial charge in [-0.15, -0.1) is 0 Å². The number of aryl methyl sites for hydroxylation is 2. The lowest BCUT2D eigenvalue weighted by molar-refractivity contribution is -0.141. The molecule has 3 aromatic rings. The highest BCUT2D eigenvalue weighted by atomic mass is 35.5. The normalized spacial score (nSPS) is 11.2. The molecular weight excluding hydrogens is 455 g/mol. The Morgan fingerprint density at radius 2 is 1.85 bits per heavy atom. The van der Waals surface area contributed by atoms with Gasteiger partial charge in [0.1, 0.15) is 5.69 Å². The molecule has 170 valence electrons. The Kier molecular flexibility index (Phi) is 7.06. The summed E-state index contributed by atoms with van der Waals surface area (Å²) in [7, 11) is 1.46. The van der Waals surface area contributed by atoms with E-state index in [1.807, 2.05) is 32.0 Å². The van der Waals surface area contributed by atoms with E-state index in [0.29, 0.717) is 17.3 Å². The number of alkyl halides is 3. The van der Waals surface area contributed by atoms with Crippen molar-refractivity contribution in [1.82, 2.24) is 4.98 Å². The Hall–Kier alpha value is -3.41. The predicted octanol–water partition coefficient (Wildman–Crippen LogP) is 6.31. The minimum Gasteiger partial charge on any atom is -0.380 e. The number of benzene rings is 2. The van der Waals surface area contributed by atoms with Gasteiger partial charge in [0.15, 0.2) is 0 Å². The van der Waals surface area contributed by atoms with E-state index < -0.39 is 17.8 Å². The minimum absolute atomic E-state index is 0.0753. The molecule has 0 saturated heterocycles. The van der Waals surface area contributed by atoms with Crippen LogP contribution in [0, 0.1) is 25.2 Å². The number of nitrogens with zero attached hydrogens (tertiary/aromatic N) is 2. The number of halogens is 4. The summed E-state index contributed by atoms with van der Waals surface area (Å²) in [6, 6.07) is 10.9. The standard InChI is InChI=1S/C24H19ClF3N3O2/c1-13-5-4-6-14(2)22(13)31-23(32)17-9-18(20(25)7-16(17)12-33-3)19-11-30-21(24(26,27)28)8-15(19)10-29/h4-9,11H,12H2,1-3H3,(H,31,32). The highest BCUT2D eigenvalue weighted by Gasteiger charge is 2.33. The summed E-state index contributed by atoms with van der Waals surface area (Å²) in [5.41, 5.74) is 1.91. The number of carbonyl (C=O) groups excluding carboxylic acids is 1. The molecule has 0 bridgehead atoms. The molecule has 9 heteroatoms. The van der Waals surface area contributed by atoms with Crippen molar-refractivity contribution in [2.45, 2.75) is 26.6 Å². The second-order valence-corrected chi connectivity index (χ2v) is 7.78. The van der Waals surface area contributed by atoms with Crippen LogP contribution in [-0.4, -0.2) is 18.0 Å². The van der Waals surface area contributed by atoms with Gasteiger partial charge < -0.3 is 10.1 Å². The molecule has 1 N–H and O–H groups in total. The third-order valence-electron chi connectivity index (χ3n) is 5.06. The quantitative estimate of drug-likeness (QED) is 0.471. The maximum absolute atomic E-state index is 13.2. The van der Waals surface area contributed by atoms with Crippen LogP contribution in [0.5, 0.6) is 0 Å². The van der Waals surface area contributed by atoms with E-state index in [2.05, 4.69) is 10.3 Å². The molecular formula is C24H19ClF3N3O2. The summed E-state index contributed by atoms with van der Waals surface area (Å²) in [5.74, 6) is -0.448. The van der Waals surface area contributed by atoms with Crippen LogP contribution in [-0.2, 0) is 17.5 Å². The number of aromatic nitrogens is 1. The molecule has 2 aromatic carbocycles. The van der Waals surface area contributed by atoms with Crippen molar-refractivity contribution in [3.05, 3.63) is 81.1 Å². The number of carbonyl (C=O) groups is 1. The Balaban J connectivity index is 2.14. The van der Waals surface area contributed by atoms with E-state index in [4.69, 9.17) is 16.3 Å². The second kappa shape index (κ2) is 9.61. The van der Waals surface area contributed by atoms with Crippen molar-refractivity contribution in [3.63, 3.8) is 0 Å². The molecule has 0 unspecified atom stereocenters. The molecule has 1 heterocycles. The van der Waals surface area contributed by atoms with Crippen molar-refractivity contribution in [3.8, 4) is 17.2 Å². The van der Waals surface area contributed by atoms with Crippen LogP contribution in [0.3, 0.4) is 0 Å². The summed E-state index contributed by atoms with van der Waals surface area (Å²) in [6.07, 6.45) is -3.77. The second-order valence-electron chi connectivity index (χ2n) is 7.37. The van der Waals surface area contributed by atoms with E-state index in [1.54, 1.807) is 6.07 Å². The first-order valence-corrected chi connectivity index (χ1v) is 10.1. The van der Waals surface area contributed by atoms with Crippen molar-refractivity contribution in [2.24, 2.45) is 0 Å². The van der Waals surface area contributed by atoms with Gasteiger partial charge >= 0.3 is 6.18 Å². The van der Waals surface area contributed by atoms with Gasteiger partial charge in [-0.1, -0.05) is 29.8 Å². The number of nitriles is 1. The summed E-state index contributed by atoms with van der Waals surface area (Å²) < 4.78 is 44.3. The van der Waals surface area contributed by atoms with Crippen LogP contribution in [0.15, 0.2) is 42.6 Å². The molecule has 0 saturated carbocycles. The lowest BCUT2D eigenvalue weighted by atomic mass is 9.96. The van der Waals surface area contributed by atoms with E-state index in [1.165, 1.54) is 19.2 Å². The maximum Gasteiger partial charge on any atom is 0.433 e. The molecule has 0 aliphatic carbocycles. The molecule has 0 fully saturated rings. The minimum atomic E-state index is -4.70. The van der Waals surface area contributed by atoms with E-state index in [0.717, 1.165) is 17.3 Å². The van der Waals surface area contributed by atoms with Crippen molar-refractivity contribution in [1.29, 1.82) is 5.26 Å². The zero-order valence-electron chi connectivity index (χ0n) is 18.0. The number of nitrogens with one attached hydrogen (secondary N) is 1. The molecule has 0 aliphatic heterocycles. The molecule has 33 heavy (non-hydrogen) atoms. The van der Waals surface area contributed by atoms with E-state index in [9.17, 15) is 23.2 Å². The monoisotopic (exact) mass is 473 g/mol. The number of para-hydroxylation sites is 1. The number of ether oxygens (including phenoxy) is 1. The largest absolute Gasteiger partial charge is 0.433 e. The fraction of sp³-hybridized carbons (Fsp3) is 0.208. The van der Waals surface area contributed by atoms with Gasteiger partial charge in [0.2, 0.25) is 0 Å². The zero-order chi connectivity index (χ0) is 24.3. The van der Waals surface area contributed by atoms with Gasteiger partial charge in [-0.25, -0.2) is 0 Å². The van der Waals surface area contributed by atoms with Crippen molar-refractivity contribution in [2.75, 3.05) is 12.4 Å². The van der Waals surface area contributed by atoms with Crippen LogP contribution in [0.2, 0.25) is 5.02 Å². The Labute approximate surface area is 193 Å². The van der Waals surface area contributed by atoms with Gasteiger partial charge in [-0.3, -0.25) is 9.78 Å². The number of hydrogen-bond donors (Lipinski definition) is 1. The Morgan fingerprint density at radius 1 is 1.18 bits per heavy atom. The van der Waals surface area contributed by atoms with Crippen LogP contribution in [0.4, 0.5) is 18.9 Å². The van der Waals surface area contributed by atoms with E-state index in [-0.39, 0.29) is 33.9 Å². The van der Waals surface area contributed by atoms with Gasteiger partial charge in [-0.2, -0.15) is 18.4 Å². The molecule has 5 nitrogen and oxygen atoms in total. The van der Waals surface area contributed by atoms with Gasteiger partial charge in [0, 0.05) is 40.7 Å². The first-order valence-electron chi connectivity index (χ1n) is 9.73. The third-order valence-corrected chi connectivity index (χ3v) is 5.37. The van der Waals surface area contributed by atoms with Crippen molar-refractivity contribution < 1.29 is 22.7 Å². The number of rotatable bonds is 5. The number of amides is 1. The number of methoxy groups -OCH3 is 1. The Bertz CT molecular complexity index is 1250. The number of anilines is 1. The molecule has 0 radical (unpaired) electrons. The van der Waals surface area contributed by atoms with Crippen LogP contribution in [0.25, 0.3) is 11.1 Å². The lowest BCUT2D eigenvalue weighted by Crippen LogP contribution is -2.16. The topological polar surface area (TPSA) is 75.0 Å². The number of hydrogen-bond acceptors (Lipinski definition) is 4. The highest BCUT2D eigenvalue weighted by Crippen LogP contribution is 2.36. The van der Waals surface area contributed by atoms with Gasteiger partial charge in [-0.05, 0) is 48.7 Å². The van der Waals surface area contributed by atoms with Gasteiger partial charge in [0.25, 0.3) is 5.91 Å². The fourth-order valence-electron chi connectivity index (χ4n) is 3.42. The van der Waals surface area contributed by atoms with Crippen LogP contribution in [0.1, 0.15) is 38.3 Å². The third kappa shape index (κ3) is 5.16. The molecule has 3 rings (SSSR count). The molecule has 0 spiro atoms. The highest BCUT2D eigenvalue weighted by molar-refractivity contribution is 6.33. The lowest BCUT2D eigenvalue weighted by Gasteiger charge is -2.16. The summed E-state index contributed by atoms with van der Waals surface area (Å²) >= 11 is 6.40. The fourth-order valence-corrected chi connectivity index (χ4v) is 3.71. The average Bonchev–Trinajstić information content (AvgIpc) is 2.75. The van der Waals surface area contributed by atoms with Crippen LogP contribution < -0.4 is 5.32 Å². The van der Waals surface area contributed by atoms with Crippen LogP contribution >= 0.6 is 11.6 Å². The van der Waals surface area contributed by atoms with Gasteiger partial charge in [0.05, 0.1) is 18.2 Å². The summed E-state index contributed by atoms with van der Waals surface area (Å²) in [5, 5.41) is 12.5. The molecule has 0 aliphatic rings. The smallest absolute Gasteiger partial charge is 0.380 e. The molecule has 0 atom stereocenters. The summed E-state index contributed by atoms with van der Waals surface area (Å²) in [6.45, 7) is 3.80. The molecule has 1 amide bonds. The average molecular weight is 474 g/mol. The number of pyridine rings is 1. The first-order chi connectivity index (χ1) is 15.6. The maximum atomic E-state index is 13.2. The SMILES string of the molecule is COCc1cc(Cl)c(-c2cnc(C(F)(F)F)cc2C#N)cc1C(=O)Nc1c(C)cccc1C. The Morgan fingerprint density at radius 3 is 2.42 bits per heavy atom. The van der Waals surface area contributed by atoms with Crippen molar-refractivity contribution >= 4 is 23.2 Å². The first kappa shape index (κ1) is 24.2. The summed E-state index contributed by atoms with van der Waals surface area (Å²) in [4.78, 5) is 16.7.